The molecule has 0 radical (unpaired) electrons. The average Bonchev–Trinajstić information content (AvgIpc) is 2.42. The molecule has 0 aromatic heterocycles. The summed E-state index contributed by atoms with van der Waals surface area (Å²) in [5.41, 5.74) is 0.607. The molecule has 0 fully saturated rings. The Morgan fingerprint density at radius 3 is 2.56 bits per heavy atom. The molecule has 18 heavy (non-hydrogen) atoms. The molecule has 1 rings (SSSR count). The minimum atomic E-state index is -0.433. The number of rotatable bonds is 7. The van der Waals surface area contributed by atoms with Crippen molar-refractivity contribution in [2.75, 3.05) is 13.2 Å². The lowest BCUT2D eigenvalue weighted by molar-refractivity contribution is -0.139. The van der Waals surface area contributed by atoms with Crippen molar-refractivity contribution in [3.8, 4) is 5.75 Å². The number of hydrogen-bond acceptors (Lipinski definition) is 4. The van der Waals surface area contributed by atoms with Crippen molar-refractivity contribution < 1.29 is 19.1 Å². The van der Waals surface area contributed by atoms with E-state index >= 15 is 0 Å². The highest BCUT2D eigenvalue weighted by Gasteiger charge is 2.06. The largest absolute Gasteiger partial charge is 0.493 e. The van der Waals surface area contributed by atoms with E-state index in [0.29, 0.717) is 17.9 Å². The van der Waals surface area contributed by atoms with Gasteiger partial charge in [-0.05, 0) is 24.3 Å². The van der Waals surface area contributed by atoms with Crippen LogP contribution in [0.15, 0.2) is 36.9 Å². The normalized spacial score (nSPS) is 11.4. The summed E-state index contributed by atoms with van der Waals surface area (Å²) in [5.74, 6) is 0.333. The van der Waals surface area contributed by atoms with E-state index < -0.39 is 5.97 Å². The molecular weight excluding hydrogens is 232 g/mol. The van der Waals surface area contributed by atoms with Gasteiger partial charge in [-0.25, -0.2) is 4.79 Å². The first-order chi connectivity index (χ1) is 8.65. The molecule has 96 valence electrons. The summed E-state index contributed by atoms with van der Waals surface area (Å²) in [4.78, 5) is 21.3. The van der Waals surface area contributed by atoms with Crippen molar-refractivity contribution in [2.45, 2.75) is 6.92 Å². The van der Waals surface area contributed by atoms with E-state index in [1.54, 1.807) is 24.3 Å². The Morgan fingerprint density at radius 2 is 2.00 bits per heavy atom. The Hall–Kier alpha value is -2.10. The molecule has 0 N–H and O–H groups in total. The molecule has 0 saturated carbocycles. The number of benzene rings is 1. The van der Waals surface area contributed by atoms with E-state index in [-0.39, 0.29) is 12.5 Å². The highest BCUT2D eigenvalue weighted by Crippen LogP contribution is 2.12. The maximum Gasteiger partial charge on any atom is 0.330 e. The summed E-state index contributed by atoms with van der Waals surface area (Å²) < 4.78 is 10.4. The first kappa shape index (κ1) is 14.0. The van der Waals surface area contributed by atoms with E-state index in [4.69, 9.17) is 9.47 Å². The molecule has 0 heterocycles. The fraction of sp³-hybridized carbons (Fsp3) is 0.286. The molecule has 4 heteroatoms. The first-order valence-corrected chi connectivity index (χ1v) is 5.63. The van der Waals surface area contributed by atoms with Crippen LogP contribution in [0.1, 0.15) is 17.3 Å². The molecule has 0 bridgehead atoms. The van der Waals surface area contributed by atoms with Gasteiger partial charge >= 0.3 is 5.97 Å². The standard InChI is InChI=1S/C14H16O4/c1-3-14(16)18-10-11(2)9-17-13-6-4-12(8-15)5-7-13/h3-8,11H,1,9-10H2,2H3. The van der Waals surface area contributed by atoms with Crippen LogP contribution in [0.3, 0.4) is 0 Å². The SMILES string of the molecule is C=CC(=O)OCC(C)COc1ccc(C=O)cc1. The van der Waals surface area contributed by atoms with Gasteiger partial charge in [-0.15, -0.1) is 0 Å². The Kier molecular flexibility index (Phi) is 5.64. The topological polar surface area (TPSA) is 52.6 Å². The third-order valence-electron chi connectivity index (χ3n) is 2.23. The predicted molar refractivity (Wildman–Crippen MR) is 67.6 cm³/mol. The zero-order valence-corrected chi connectivity index (χ0v) is 10.3. The van der Waals surface area contributed by atoms with Crippen molar-refractivity contribution >= 4 is 12.3 Å². The molecule has 1 aromatic rings. The zero-order chi connectivity index (χ0) is 13.4. The maximum absolute atomic E-state index is 10.8. The van der Waals surface area contributed by atoms with Crippen LogP contribution in [-0.4, -0.2) is 25.5 Å². The second kappa shape index (κ2) is 7.27. The van der Waals surface area contributed by atoms with Gasteiger partial charge in [0.15, 0.2) is 0 Å². The Bertz CT molecular complexity index is 408. The van der Waals surface area contributed by atoms with Crippen LogP contribution >= 0.6 is 0 Å². The van der Waals surface area contributed by atoms with Gasteiger partial charge in [0, 0.05) is 17.6 Å². The number of esters is 1. The fourth-order valence-electron chi connectivity index (χ4n) is 1.21. The van der Waals surface area contributed by atoms with Crippen LogP contribution in [0, 0.1) is 5.92 Å². The summed E-state index contributed by atoms with van der Waals surface area (Å²) in [6, 6.07) is 6.83. The van der Waals surface area contributed by atoms with Crippen molar-refractivity contribution in [2.24, 2.45) is 5.92 Å². The van der Waals surface area contributed by atoms with E-state index in [9.17, 15) is 9.59 Å². The summed E-state index contributed by atoms with van der Waals surface area (Å²) in [7, 11) is 0. The van der Waals surface area contributed by atoms with E-state index in [2.05, 4.69) is 6.58 Å². The highest BCUT2D eigenvalue weighted by molar-refractivity contribution is 5.81. The van der Waals surface area contributed by atoms with Gasteiger partial charge in [-0.3, -0.25) is 4.79 Å². The number of carbonyl (C=O) groups is 2. The monoisotopic (exact) mass is 248 g/mol. The van der Waals surface area contributed by atoms with Crippen molar-refractivity contribution in [3.63, 3.8) is 0 Å². The molecular formula is C14H16O4. The van der Waals surface area contributed by atoms with E-state index in [1.165, 1.54) is 0 Å². The van der Waals surface area contributed by atoms with Gasteiger partial charge in [0.1, 0.15) is 12.0 Å². The Labute approximate surface area is 106 Å². The van der Waals surface area contributed by atoms with Gasteiger partial charge in [-0.1, -0.05) is 13.5 Å². The third kappa shape index (κ3) is 4.82. The predicted octanol–water partition coefficient (Wildman–Crippen LogP) is 2.24. The van der Waals surface area contributed by atoms with Gasteiger partial charge in [-0.2, -0.15) is 0 Å². The molecule has 0 saturated heterocycles. The summed E-state index contributed by atoms with van der Waals surface area (Å²) in [5, 5.41) is 0. The second-order valence-corrected chi connectivity index (χ2v) is 3.94. The Balaban J connectivity index is 2.32. The molecule has 1 unspecified atom stereocenters. The van der Waals surface area contributed by atoms with Gasteiger partial charge in [0.25, 0.3) is 0 Å². The lowest BCUT2D eigenvalue weighted by Crippen LogP contribution is -2.16. The third-order valence-corrected chi connectivity index (χ3v) is 2.23. The van der Waals surface area contributed by atoms with Crippen LogP contribution in [0.2, 0.25) is 0 Å². The van der Waals surface area contributed by atoms with Crippen LogP contribution < -0.4 is 4.74 Å². The molecule has 1 atom stereocenters. The molecule has 0 spiro atoms. The first-order valence-electron chi connectivity index (χ1n) is 5.63. The highest BCUT2D eigenvalue weighted by atomic mass is 16.5. The molecule has 0 amide bonds. The molecule has 0 aliphatic carbocycles. The van der Waals surface area contributed by atoms with Crippen LogP contribution in [0.4, 0.5) is 0 Å². The van der Waals surface area contributed by atoms with Gasteiger partial charge in [0.2, 0.25) is 0 Å². The smallest absolute Gasteiger partial charge is 0.330 e. The average molecular weight is 248 g/mol. The quantitative estimate of drug-likeness (QED) is 0.422. The summed E-state index contributed by atoms with van der Waals surface area (Å²) in [6.45, 7) is 5.95. The Morgan fingerprint density at radius 1 is 1.33 bits per heavy atom. The lowest BCUT2D eigenvalue weighted by Gasteiger charge is -2.12. The molecule has 4 nitrogen and oxygen atoms in total. The van der Waals surface area contributed by atoms with Crippen LogP contribution in [0.5, 0.6) is 5.75 Å². The molecule has 0 aliphatic heterocycles. The van der Waals surface area contributed by atoms with Crippen LogP contribution in [0.25, 0.3) is 0 Å². The number of aldehydes is 1. The van der Waals surface area contributed by atoms with Gasteiger partial charge in [0.05, 0.1) is 13.2 Å². The molecule has 0 aliphatic rings. The van der Waals surface area contributed by atoms with Crippen molar-refractivity contribution in [3.05, 3.63) is 42.5 Å². The minimum absolute atomic E-state index is 0.0830. The van der Waals surface area contributed by atoms with Crippen molar-refractivity contribution in [1.82, 2.24) is 0 Å². The van der Waals surface area contributed by atoms with Crippen LogP contribution in [-0.2, 0) is 9.53 Å². The van der Waals surface area contributed by atoms with Crippen molar-refractivity contribution in [1.29, 1.82) is 0 Å². The summed E-state index contributed by atoms with van der Waals surface area (Å²) >= 11 is 0. The van der Waals surface area contributed by atoms with E-state index in [0.717, 1.165) is 12.4 Å². The minimum Gasteiger partial charge on any atom is -0.493 e. The second-order valence-electron chi connectivity index (χ2n) is 3.94. The number of carbonyl (C=O) groups excluding carboxylic acids is 2. The zero-order valence-electron chi connectivity index (χ0n) is 10.3. The lowest BCUT2D eigenvalue weighted by atomic mass is 10.2. The summed E-state index contributed by atoms with van der Waals surface area (Å²) in [6.07, 6.45) is 1.91. The maximum atomic E-state index is 10.8. The fourth-order valence-corrected chi connectivity index (χ4v) is 1.21. The number of hydrogen-bond donors (Lipinski definition) is 0. The van der Waals surface area contributed by atoms with E-state index in [1.807, 2.05) is 6.92 Å². The van der Waals surface area contributed by atoms with Gasteiger partial charge < -0.3 is 9.47 Å². The number of ether oxygens (including phenoxy) is 2. The molecule has 1 aromatic carbocycles.